The summed E-state index contributed by atoms with van der Waals surface area (Å²) in [5, 5.41) is 9.63. The molecular weight excluding hydrogens is 238 g/mol. The molecule has 0 bridgehead atoms. The minimum absolute atomic E-state index is 0.435. The van der Waals surface area contributed by atoms with Gasteiger partial charge in [-0.3, -0.25) is 4.79 Å². The minimum Gasteiger partial charge on any atom is -0.481 e. The summed E-state index contributed by atoms with van der Waals surface area (Å²) >= 11 is 0. The molecule has 0 radical (unpaired) electrons. The van der Waals surface area contributed by atoms with Gasteiger partial charge in [-0.2, -0.15) is 0 Å². The molecule has 3 heteroatoms. The van der Waals surface area contributed by atoms with Gasteiger partial charge >= 0.3 is 5.97 Å². The first-order chi connectivity index (χ1) is 9.16. The van der Waals surface area contributed by atoms with Crippen LogP contribution < -0.4 is 0 Å². The SMILES string of the molecule is CCCC1CCN(CC2(C(=O)O)CCCCC2)CC1. The third kappa shape index (κ3) is 3.71. The predicted octanol–water partition coefficient (Wildman–Crippen LogP) is 3.53. The molecule has 3 nitrogen and oxygen atoms in total. The van der Waals surface area contributed by atoms with Crippen LogP contribution in [0.5, 0.6) is 0 Å². The van der Waals surface area contributed by atoms with Gasteiger partial charge in [0, 0.05) is 6.54 Å². The van der Waals surface area contributed by atoms with Crippen molar-refractivity contribution in [2.45, 2.75) is 64.7 Å². The van der Waals surface area contributed by atoms with Crippen LogP contribution in [0.3, 0.4) is 0 Å². The zero-order chi connectivity index (χ0) is 13.7. The zero-order valence-corrected chi connectivity index (χ0v) is 12.4. The lowest BCUT2D eigenvalue weighted by Crippen LogP contribution is -2.47. The van der Waals surface area contributed by atoms with E-state index in [0.29, 0.717) is 0 Å². The lowest BCUT2D eigenvalue weighted by Gasteiger charge is -2.40. The Morgan fingerprint density at radius 1 is 1.21 bits per heavy atom. The number of hydrogen-bond donors (Lipinski definition) is 1. The molecule has 2 fully saturated rings. The van der Waals surface area contributed by atoms with Gasteiger partial charge in [0.15, 0.2) is 0 Å². The summed E-state index contributed by atoms with van der Waals surface area (Å²) in [4.78, 5) is 14.1. The Bertz CT molecular complexity index is 289. The van der Waals surface area contributed by atoms with Crippen molar-refractivity contribution in [2.24, 2.45) is 11.3 Å². The standard InChI is InChI=1S/C16H29NO2/c1-2-6-14-7-11-17(12-8-14)13-16(15(18)19)9-4-3-5-10-16/h14H,2-13H2,1H3,(H,18,19). The first-order valence-electron chi connectivity index (χ1n) is 8.12. The third-order valence-corrected chi connectivity index (χ3v) is 5.19. The molecular formula is C16H29NO2. The molecule has 1 aliphatic heterocycles. The molecule has 1 saturated carbocycles. The summed E-state index contributed by atoms with van der Waals surface area (Å²) in [6, 6.07) is 0. The number of carboxylic acid groups (broad SMARTS) is 1. The van der Waals surface area contributed by atoms with E-state index < -0.39 is 11.4 Å². The van der Waals surface area contributed by atoms with Crippen LogP contribution in [0.15, 0.2) is 0 Å². The maximum Gasteiger partial charge on any atom is 0.310 e. The van der Waals surface area contributed by atoms with Crippen molar-refractivity contribution in [2.75, 3.05) is 19.6 Å². The van der Waals surface area contributed by atoms with Gasteiger partial charge in [0.25, 0.3) is 0 Å². The molecule has 0 aromatic carbocycles. The van der Waals surface area contributed by atoms with Crippen molar-refractivity contribution in [3.63, 3.8) is 0 Å². The van der Waals surface area contributed by atoms with E-state index in [1.807, 2.05) is 0 Å². The topological polar surface area (TPSA) is 40.5 Å². The first kappa shape index (κ1) is 14.8. The number of aliphatic carboxylic acids is 1. The summed E-state index contributed by atoms with van der Waals surface area (Å²) in [5.41, 5.74) is -0.435. The number of piperidine rings is 1. The van der Waals surface area contributed by atoms with Crippen LogP contribution in [-0.2, 0) is 4.79 Å². The fourth-order valence-corrected chi connectivity index (χ4v) is 3.94. The second-order valence-electron chi connectivity index (χ2n) is 6.65. The predicted molar refractivity (Wildman–Crippen MR) is 77.2 cm³/mol. The monoisotopic (exact) mass is 267 g/mol. The molecule has 0 unspecified atom stereocenters. The second-order valence-corrected chi connectivity index (χ2v) is 6.65. The smallest absolute Gasteiger partial charge is 0.310 e. The summed E-state index contributed by atoms with van der Waals surface area (Å²) < 4.78 is 0. The Morgan fingerprint density at radius 3 is 2.37 bits per heavy atom. The quantitative estimate of drug-likeness (QED) is 0.828. The number of nitrogens with zero attached hydrogens (tertiary/aromatic N) is 1. The molecule has 0 aromatic rings. The van der Waals surface area contributed by atoms with E-state index in [0.717, 1.165) is 51.2 Å². The molecule has 2 aliphatic rings. The molecule has 1 aliphatic carbocycles. The summed E-state index contributed by atoms with van der Waals surface area (Å²) in [6.45, 7) is 5.27. The number of hydrogen-bond acceptors (Lipinski definition) is 2. The summed E-state index contributed by atoms with van der Waals surface area (Å²) in [6.07, 6.45) is 10.3. The van der Waals surface area contributed by atoms with Crippen molar-refractivity contribution in [3.8, 4) is 0 Å². The average molecular weight is 267 g/mol. The Balaban J connectivity index is 1.87. The Morgan fingerprint density at radius 2 is 1.84 bits per heavy atom. The van der Waals surface area contributed by atoms with E-state index >= 15 is 0 Å². The highest BCUT2D eigenvalue weighted by atomic mass is 16.4. The van der Waals surface area contributed by atoms with Crippen molar-refractivity contribution in [1.29, 1.82) is 0 Å². The third-order valence-electron chi connectivity index (χ3n) is 5.19. The first-order valence-corrected chi connectivity index (χ1v) is 8.12. The van der Waals surface area contributed by atoms with Gasteiger partial charge in [-0.05, 0) is 44.7 Å². The van der Waals surface area contributed by atoms with Gasteiger partial charge in [-0.15, -0.1) is 0 Å². The number of carbonyl (C=O) groups is 1. The van der Waals surface area contributed by atoms with Gasteiger partial charge in [0.1, 0.15) is 0 Å². The molecule has 0 aromatic heterocycles. The number of carboxylic acids is 1. The van der Waals surface area contributed by atoms with Gasteiger partial charge < -0.3 is 10.0 Å². The van der Waals surface area contributed by atoms with Crippen LogP contribution in [0.2, 0.25) is 0 Å². The molecule has 1 heterocycles. The van der Waals surface area contributed by atoms with Crippen molar-refractivity contribution < 1.29 is 9.90 Å². The fraction of sp³-hybridized carbons (Fsp3) is 0.938. The highest BCUT2D eigenvalue weighted by Gasteiger charge is 2.41. The van der Waals surface area contributed by atoms with Crippen molar-refractivity contribution >= 4 is 5.97 Å². The highest BCUT2D eigenvalue weighted by molar-refractivity contribution is 5.75. The van der Waals surface area contributed by atoms with E-state index in [4.69, 9.17) is 0 Å². The molecule has 110 valence electrons. The molecule has 19 heavy (non-hydrogen) atoms. The van der Waals surface area contributed by atoms with Crippen LogP contribution in [0.1, 0.15) is 64.7 Å². The van der Waals surface area contributed by atoms with E-state index in [-0.39, 0.29) is 0 Å². The van der Waals surface area contributed by atoms with E-state index in [2.05, 4.69) is 11.8 Å². The van der Waals surface area contributed by atoms with Gasteiger partial charge in [-0.25, -0.2) is 0 Å². The van der Waals surface area contributed by atoms with Crippen LogP contribution in [0.25, 0.3) is 0 Å². The minimum atomic E-state index is -0.553. The molecule has 0 spiro atoms. The molecule has 1 N–H and O–H groups in total. The Labute approximate surface area is 117 Å². The largest absolute Gasteiger partial charge is 0.481 e. The van der Waals surface area contributed by atoms with Gasteiger partial charge in [-0.1, -0.05) is 39.0 Å². The lowest BCUT2D eigenvalue weighted by molar-refractivity contribution is -0.152. The highest BCUT2D eigenvalue weighted by Crippen LogP contribution is 2.38. The maximum atomic E-state index is 11.7. The lowest BCUT2D eigenvalue weighted by atomic mass is 9.73. The molecule has 0 amide bonds. The van der Waals surface area contributed by atoms with E-state index in [9.17, 15) is 9.90 Å². The normalized spacial score (nSPS) is 25.3. The second kappa shape index (κ2) is 6.74. The zero-order valence-electron chi connectivity index (χ0n) is 12.4. The average Bonchev–Trinajstić information content (AvgIpc) is 2.42. The summed E-state index contributed by atoms with van der Waals surface area (Å²) in [7, 11) is 0. The van der Waals surface area contributed by atoms with Crippen molar-refractivity contribution in [1.82, 2.24) is 4.90 Å². The van der Waals surface area contributed by atoms with E-state index in [1.165, 1.54) is 32.1 Å². The van der Waals surface area contributed by atoms with Crippen molar-refractivity contribution in [3.05, 3.63) is 0 Å². The maximum absolute atomic E-state index is 11.7. The molecule has 1 saturated heterocycles. The van der Waals surface area contributed by atoms with Crippen LogP contribution >= 0.6 is 0 Å². The Kier molecular flexibility index (Phi) is 5.26. The summed E-state index contributed by atoms with van der Waals surface area (Å²) in [5.74, 6) is 0.330. The van der Waals surface area contributed by atoms with Crippen LogP contribution in [-0.4, -0.2) is 35.6 Å². The number of rotatable bonds is 5. The van der Waals surface area contributed by atoms with Gasteiger partial charge in [0.05, 0.1) is 5.41 Å². The van der Waals surface area contributed by atoms with Crippen LogP contribution in [0.4, 0.5) is 0 Å². The molecule has 2 rings (SSSR count). The van der Waals surface area contributed by atoms with Gasteiger partial charge in [0.2, 0.25) is 0 Å². The fourth-order valence-electron chi connectivity index (χ4n) is 3.94. The Hall–Kier alpha value is -0.570. The molecule has 0 atom stereocenters. The number of likely N-dealkylation sites (tertiary alicyclic amines) is 1. The van der Waals surface area contributed by atoms with Crippen LogP contribution in [0, 0.1) is 11.3 Å². The van der Waals surface area contributed by atoms with E-state index in [1.54, 1.807) is 0 Å².